The van der Waals surface area contributed by atoms with E-state index in [0.29, 0.717) is 12.5 Å². The molecule has 0 amide bonds. The average Bonchev–Trinajstić information content (AvgIpc) is 3.03. The van der Waals surface area contributed by atoms with Crippen LogP contribution in [-0.2, 0) is 10.0 Å². The summed E-state index contributed by atoms with van der Waals surface area (Å²) in [5.74, 6) is -4.64. The molecule has 0 saturated carbocycles. The minimum Gasteiger partial charge on any atom is -0.287 e. The number of carbonyl (C=O) groups is 1. The van der Waals surface area contributed by atoms with Crippen molar-refractivity contribution in [1.82, 2.24) is 5.43 Å². The largest absolute Gasteiger partial charge is 0.287 e. The number of ketones is 1. The third-order valence-electron chi connectivity index (χ3n) is 3.98. The van der Waals surface area contributed by atoms with Crippen molar-refractivity contribution in [2.75, 3.05) is 10.5 Å². The Morgan fingerprint density at radius 3 is 2.85 bits per heavy atom. The number of fused-ring (bicyclic) bond motifs is 1. The summed E-state index contributed by atoms with van der Waals surface area (Å²) in [6.45, 7) is 1.64. The maximum Gasteiger partial charge on any atom is 0.232 e. The number of carbonyl (C=O) groups excluding carboxylic acids is 1. The van der Waals surface area contributed by atoms with Gasteiger partial charge in [-0.2, -0.15) is 5.10 Å². The lowest BCUT2D eigenvalue weighted by Crippen LogP contribution is -2.31. The first-order valence-electron chi connectivity index (χ1n) is 8.01. The molecule has 11 heteroatoms. The summed E-state index contributed by atoms with van der Waals surface area (Å²) in [6.07, 6.45) is 4.55. The number of Topliss-reactive ketones (excluding diaryl/α,β-unsaturated/α-hetero) is 1. The highest BCUT2D eigenvalue weighted by Crippen LogP contribution is 2.33. The van der Waals surface area contributed by atoms with Crippen LogP contribution in [0.1, 0.15) is 23.7 Å². The zero-order chi connectivity index (χ0) is 19.8. The predicted molar refractivity (Wildman–Crippen MR) is 98.9 cm³/mol. The second kappa shape index (κ2) is 7.35. The minimum atomic E-state index is -3.83. The molecule has 0 spiro atoms. The standard InChI is InChI=1S/C16H15ClF2N4O3S/c1-2-6-27(25,26)23-10-7-9(18)13(19)11(12(10)17)15(24)14-8-4-3-5-20-16(8)22-21-14/h3-5,7-8,16,22-23H,2,6H2,1H3. The van der Waals surface area contributed by atoms with Crippen LogP contribution in [0.5, 0.6) is 0 Å². The molecule has 2 N–H and O–H groups in total. The molecule has 2 aliphatic heterocycles. The van der Waals surface area contributed by atoms with E-state index < -0.39 is 55.8 Å². The summed E-state index contributed by atoms with van der Waals surface area (Å²) in [7, 11) is -3.83. The molecular weight excluding hydrogens is 402 g/mol. The number of aliphatic imine (C=N–C) groups is 1. The molecule has 0 fully saturated rings. The van der Waals surface area contributed by atoms with Gasteiger partial charge in [0.2, 0.25) is 15.8 Å². The molecule has 2 unspecified atom stereocenters. The smallest absolute Gasteiger partial charge is 0.232 e. The Bertz CT molecular complexity index is 992. The fourth-order valence-electron chi connectivity index (χ4n) is 2.77. The van der Waals surface area contributed by atoms with Gasteiger partial charge < -0.3 is 0 Å². The Labute approximate surface area is 159 Å². The first-order valence-corrected chi connectivity index (χ1v) is 10.0. The van der Waals surface area contributed by atoms with Crippen molar-refractivity contribution in [3.8, 4) is 0 Å². The molecule has 7 nitrogen and oxygen atoms in total. The first-order chi connectivity index (χ1) is 12.7. The van der Waals surface area contributed by atoms with Gasteiger partial charge >= 0.3 is 0 Å². The maximum atomic E-state index is 14.4. The second-order valence-corrected chi connectivity index (χ2v) is 8.16. The number of sulfonamides is 1. The van der Waals surface area contributed by atoms with Crippen molar-refractivity contribution < 1.29 is 22.0 Å². The van der Waals surface area contributed by atoms with Gasteiger partial charge in [0.1, 0.15) is 11.9 Å². The van der Waals surface area contributed by atoms with Gasteiger partial charge in [-0.05, 0) is 12.5 Å². The van der Waals surface area contributed by atoms with Gasteiger partial charge in [0.15, 0.2) is 11.6 Å². The molecule has 0 aliphatic carbocycles. The van der Waals surface area contributed by atoms with E-state index in [1.165, 1.54) is 6.21 Å². The van der Waals surface area contributed by atoms with Crippen LogP contribution in [0.15, 0.2) is 28.3 Å². The van der Waals surface area contributed by atoms with Gasteiger partial charge in [0.05, 0.1) is 27.9 Å². The summed E-state index contributed by atoms with van der Waals surface area (Å²) < 4.78 is 54.4. The number of halogens is 3. The van der Waals surface area contributed by atoms with Gasteiger partial charge in [-0.3, -0.25) is 19.9 Å². The molecule has 0 bridgehead atoms. The quantitative estimate of drug-likeness (QED) is 0.549. The van der Waals surface area contributed by atoms with E-state index in [9.17, 15) is 22.0 Å². The maximum absolute atomic E-state index is 14.4. The van der Waals surface area contributed by atoms with Gasteiger partial charge in [-0.1, -0.05) is 24.6 Å². The number of anilines is 1. The van der Waals surface area contributed by atoms with Crippen molar-refractivity contribution in [3.05, 3.63) is 40.4 Å². The lowest BCUT2D eigenvalue weighted by atomic mass is 9.92. The van der Waals surface area contributed by atoms with Crippen molar-refractivity contribution >= 4 is 45.0 Å². The van der Waals surface area contributed by atoms with Crippen molar-refractivity contribution in [2.45, 2.75) is 19.5 Å². The normalized spacial score (nSPS) is 20.8. The van der Waals surface area contributed by atoms with E-state index in [0.717, 1.165) is 0 Å². The van der Waals surface area contributed by atoms with Crippen LogP contribution in [0.25, 0.3) is 0 Å². The van der Waals surface area contributed by atoms with E-state index in [1.807, 2.05) is 0 Å². The summed E-state index contributed by atoms with van der Waals surface area (Å²) in [4.78, 5) is 16.9. The van der Waals surface area contributed by atoms with Gasteiger partial charge in [-0.25, -0.2) is 17.2 Å². The Morgan fingerprint density at radius 2 is 2.15 bits per heavy atom. The van der Waals surface area contributed by atoms with Crippen LogP contribution in [0.4, 0.5) is 14.5 Å². The van der Waals surface area contributed by atoms with E-state index in [2.05, 4.69) is 20.2 Å². The third-order valence-corrected chi connectivity index (χ3v) is 5.85. The summed E-state index contributed by atoms with van der Waals surface area (Å²) in [5.41, 5.74) is 1.34. The molecule has 2 aliphatic rings. The molecule has 27 heavy (non-hydrogen) atoms. The fraction of sp³-hybridized carbons (Fsp3) is 0.312. The first kappa shape index (κ1) is 19.4. The number of nitrogens with one attached hydrogen (secondary N) is 2. The minimum absolute atomic E-state index is 0.0955. The topological polar surface area (TPSA) is 100.0 Å². The SMILES string of the molecule is CCCS(=O)(=O)Nc1cc(F)c(F)c(C(=O)C2=NNC3N=CC=CC23)c1Cl. The van der Waals surface area contributed by atoms with E-state index in [1.54, 1.807) is 19.1 Å². The molecule has 1 aromatic rings. The number of hydrogen-bond acceptors (Lipinski definition) is 6. The van der Waals surface area contributed by atoms with Crippen LogP contribution >= 0.6 is 11.6 Å². The highest BCUT2D eigenvalue weighted by molar-refractivity contribution is 7.92. The zero-order valence-corrected chi connectivity index (χ0v) is 15.6. The van der Waals surface area contributed by atoms with Crippen LogP contribution < -0.4 is 10.1 Å². The summed E-state index contributed by atoms with van der Waals surface area (Å²) >= 11 is 6.06. The number of benzene rings is 1. The number of allylic oxidation sites excluding steroid dienone is 1. The number of dihydropyridines is 1. The fourth-order valence-corrected chi connectivity index (χ4v) is 4.23. The molecule has 0 saturated heterocycles. The molecule has 0 aromatic heterocycles. The van der Waals surface area contributed by atoms with Crippen LogP contribution in [0.2, 0.25) is 5.02 Å². The molecule has 1 aromatic carbocycles. The Morgan fingerprint density at radius 1 is 1.41 bits per heavy atom. The highest BCUT2D eigenvalue weighted by atomic mass is 35.5. The second-order valence-electron chi connectivity index (χ2n) is 5.94. The Balaban J connectivity index is 2.01. The summed E-state index contributed by atoms with van der Waals surface area (Å²) in [6, 6.07) is 0.601. The van der Waals surface area contributed by atoms with Crippen LogP contribution in [-0.4, -0.2) is 38.0 Å². The van der Waals surface area contributed by atoms with Crippen molar-refractivity contribution in [2.24, 2.45) is 16.0 Å². The number of hydrogen-bond donors (Lipinski definition) is 2. The lowest BCUT2D eigenvalue weighted by Gasteiger charge is -2.17. The van der Waals surface area contributed by atoms with Gasteiger partial charge in [0.25, 0.3) is 0 Å². The zero-order valence-electron chi connectivity index (χ0n) is 14.0. The Kier molecular flexibility index (Phi) is 5.29. The van der Waals surface area contributed by atoms with Crippen molar-refractivity contribution in [1.29, 1.82) is 0 Å². The number of rotatable bonds is 6. The number of nitrogens with zero attached hydrogens (tertiary/aromatic N) is 2. The van der Waals surface area contributed by atoms with Gasteiger partial charge in [-0.15, -0.1) is 0 Å². The molecular formula is C16H15ClF2N4O3S. The monoisotopic (exact) mass is 416 g/mol. The van der Waals surface area contributed by atoms with Crippen LogP contribution in [0.3, 0.4) is 0 Å². The molecule has 3 rings (SSSR count). The van der Waals surface area contributed by atoms with Gasteiger partial charge in [0, 0.05) is 12.3 Å². The van der Waals surface area contributed by atoms with E-state index >= 15 is 0 Å². The van der Waals surface area contributed by atoms with Crippen molar-refractivity contribution in [3.63, 3.8) is 0 Å². The van der Waals surface area contributed by atoms with E-state index in [-0.39, 0.29) is 11.5 Å². The molecule has 144 valence electrons. The Hall–Kier alpha value is -2.33. The average molecular weight is 417 g/mol. The lowest BCUT2D eigenvalue weighted by molar-refractivity contribution is 0.105. The van der Waals surface area contributed by atoms with Crippen LogP contribution in [0, 0.1) is 17.6 Å². The van der Waals surface area contributed by atoms with E-state index in [4.69, 9.17) is 11.6 Å². The molecule has 2 heterocycles. The highest BCUT2D eigenvalue weighted by Gasteiger charge is 2.37. The third kappa shape index (κ3) is 3.72. The number of hydrazone groups is 1. The molecule has 2 atom stereocenters. The summed E-state index contributed by atoms with van der Waals surface area (Å²) in [5, 5.41) is 3.33. The molecule has 0 radical (unpaired) electrons. The predicted octanol–water partition coefficient (Wildman–Crippen LogP) is 2.49.